The lowest BCUT2D eigenvalue weighted by Gasteiger charge is -2.26. The van der Waals surface area contributed by atoms with Crippen LogP contribution in [-0.2, 0) is 0 Å². The Morgan fingerprint density at radius 1 is 1.35 bits per heavy atom. The number of halogens is 1. The lowest BCUT2D eigenvalue weighted by molar-refractivity contribution is 0.469. The molecule has 6 heteroatoms. The number of nitrogens with zero attached hydrogens (tertiary/aromatic N) is 3. The number of hydrogen-bond acceptors (Lipinski definition) is 5. The van der Waals surface area contributed by atoms with Crippen LogP contribution in [0.2, 0.25) is 0 Å². The highest BCUT2D eigenvalue weighted by Crippen LogP contribution is 2.41. The summed E-state index contributed by atoms with van der Waals surface area (Å²) in [5.41, 5.74) is 0.448. The summed E-state index contributed by atoms with van der Waals surface area (Å²) in [6.07, 6.45) is 2.29. The van der Waals surface area contributed by atoms with Crippen LogP contribution in [-0.4, -0.2) is 31.2 Å². The first-order chi connectivity index (χ1) is 7.88. The van der Waals surface area contributed by atoms with Crippen molar-refractivity contribution >= 4 is 18.3 Å². The predicted molar refractivity (Wildman–Crippen MR) is 65.5 cm³/mol. The first kappa shape index (κ1) is 12.2. The van der Waals surface area contributed by atoms with Gasteiger partial charge in [-0.2, -0.15) is 5.26 Å². The van der Waals surface area contributed by atoms with E-state index in [0.29, 0.717) is 17.5 Å². The van der Waals surface area contributed by atoms with Crippen molar-refractivity contribution in [2.24, 2.45) is 0 Å². The van der Waals surface area contributed by atoms with Crippen LogP contribution < -0.4 is 10.2 Å². The molecule has 2 aliphatic rings. The molecule has 1 aliphatic heterocycles. The average Bonchev–Trinajstić information content (AvgIpc) is 3.10. The zero-order valence-corrected chi connectivity index (χ0v) is 10.3. The number of nitriles is 1. The van der Waals surface area contributed by atoms with E-state index in [-0.39, 0.29) is 12.4 Å². The summed E-state index contributed by atoms with van der Waals surface area (Å²) in [5.74, 6) is 1.89. The van der Waals surface area contributed by atoms with Crippen molar-refractivity contribution in [2.75, 3.05) is 31.1 Å². The van der Waals surface area contributed by atoms with E-state index in [1.165, 1.54) is 0 Å². The highest BCUT2D eigenvalue weighted by Gasteiger charge is 2.31. The fourth-order valence-electron chi connectivity index (χ4n) is 1.99. The van der Waals surface area contributed by atoms with E-state index >= 15 is 0 Å². The Kier molecular flexibility index (Phi) is 3.55. The summed E-state index contributed by atoms with van der Waals surface area (Å²) < 4.78 is 5.73. The van der Waals surface area contributed by atoms with Gasteiger partial charge in [0.05, 0.1) is 0 Å². The largest absolute Gasteiger partial charge is 0.423 e. The molecular formula is C11H15ClN4O. The van der Waals surface area contributed by atoms with Gasteiger partial charge in [0.2, 0.25) is 17.5 Å². The van der Waals surface area contributed by atoms with Gasteiger partial charge in [-0.3, -0.25) is 0 Å². The summed E-state index contributed by atoms with van der Waals surface area (Å²) in [5, 5.41) is 12.3. The number of oxazole rings is 1. The number of nitrogens with one attached hydrogen (secondary N) is 1. The van der Waals surface area contributed by atoms with Crippen molar-refractivity contribution < 1.29 is 4.42 Å². The standard InChI is InChI=1S/C11H14N4O.ClH/c12-7-9-11(15-5-3-13-4-6-15)16-10(14-9)8-1-2-8;/h8,13H,1-6H2;1H. The molecular weight excluding hydrogens is 240 g/mol. The molecule has 0 amide bonds. The monoisotopic (exact) mass is 254 g/mol. The summed E-state index contributed by atoms with van der Waals surface area (Å²) in [6.45, 7) is 3.64. The molecule has 1 aliphatic carbocycles. The van der Waals surface area contributed by atoms with Gasteiger partial charge in [0.15, 0.2) is 0 Å². The molecule has 1 saturated carbocycles. The van der Waals surface area contributed by atoms with Gasteiger partial charge >= 0.3 is 0 Å². The van der Waals surface area contributed by atoms with Crippen LogP contribution in [0.1, 0.15) is 30.3 Å². The number of anilines is 1. The van der Waals surface area contributed by atoms with Gasteiger partial charge in [-0.1, -0.05) is 0 Å². The van der Waals surface area contributed by atoms with Crippen molar-refractivity contribution in [1.29, 1.82) is 5.26 Å². The Hall–Kier alpha value is -1.25. The molecule has 2 heterocycles. The molecule has 1 aromatic heterocycles. The number of aromatic nitrogens is 1. The van der Waals surface area contributed by atoms with E-state index in [0.717, 1.165) is 44.9 Å². The number of hydrogen-bond donors (Lipinski definition) is 1. The van der Waals surface area contributed by atoms with Crippen LogP contribution in [0.5, 0.6) is 0 Å². The van der Waals surface area contributed by atoms with E-state index in [9.17, 15) is 0 Å². The molecule has 1 N–H and O–H groups in total. The SMILES string of the molecule is Cl.N#Cc1nc(C2CC2)oc1N1CCNCC1. The van der Waals surface area contributed by atoms with Crippen LogP contribution in [0.25, 0.3) is 0 Å². The lowest BCUT2D eigenvalue weighted by atomic mass is 10.3. The summed E-state index contributed by atoms with van der Waals surface area (Å²) in [4.78, 5) is 6.38. The molecule has 2 fully saturated rings. The molecule has 17 heavy (non-hydrogen) atoms. The van der Waals surface area contributed by atoms with Gasteiger partial charge in [-0.05, 0) is 12.8 Å². The van der Waals surface area contributed by atoms with Crippen LogP contribution >= 0.6 is 12.4 Å². The third kappa shape index (κ3) is 2.38. The Labute approximate surface area is 106 Å². The third-order valence-electron chi connectivity index (χ3n) is 3.06. The van der Waals surface area contributed by atoms with Gasteiger partial charge in [-0.15, -0.1) is 12.4 Å². The Bertz CT molecular complexity index is 429. The molecule has 3 rings (SSSR count). The van der Waals surface area contributed by atoms with Crippen molar-refractivity contribution in [3.8, 4) is 6.07 Å². The first-order valence-electron chi connectivity index (χ1n) is 5.75. The topological polar surface area (TPSA) is 65.1 Å². The van der Waals surface area contributed by atoms with Crippen molar-refractivity contribution in [3.63, 3.8) is 0 Å². The van der Waals surface area contributed by atoms with Gasteiger partial charge in [0, 0.05) is 32.1 Å². The van der Waals surface area contributed by atoms with E-state index < -0.39 is 0 Å². The smallest absolute Gasteiger partial charge is 0.234 e. The van der Waals surface area contributed by atoms with Crippen LogP contribution in [0, 0.1) is 11.3 Å². The van der Waals surface area contributed by atoms with Crippen molar-refractivity contribution in [3.05, 3.63) is 11.6 Å². The quantitative estimate of drug-likeness (QED) is 0.861. The summed E-state index contributed by atoms with van der Waals surface area (Å²) >= 11 is 0. The number of piperazine rings is 1. The minimum Gasteiger partial charge on any atom is -0.423 e. The van der Waals surface area contributed by atoms with Gasteiger partial charge in [0.25, 0.3) is 0 Å². The summed E-state index contributed by atoms with van der Waals surface area (Å²) in [7, 11) is 0. The van der Waals surface area contributed by atoms with Gasteiger partial charge in [0.1, 0.15) is 6.07 Å². The van der Waals surface area contributed by atoms with E-state index in [1.54, 1.807) is 0 Å². The van der Waals surface area contributed by atoms with Crippen molar-refractivity contribution in [1.82, 2.24) is 10.3 Å². The maximum Gasteiger partial charge on any atom is 0.234 e. The van der Waals surface area contributed by atoms with Crippen LogP contribution in [0.3, 0.4) is 0 Å². The molecule has 0 bridgehead atoms. The second-order valence-corrected chi connectivity index (χ2v) is 4.33. The number of rotatable bonds is 2. The average molecular weight is 255 g/mol. The molecule has 1 aromatic rings. The Morgan fingerprint density at radius 3 is 2.65 bits per heavy atom. The zero-order chi connectivity index (χ0) is 11.0. The highest BCUT2D eigenvalue weighted by molar-refractivity contribution is 5.85. The second-order valence-electron chi connectivity index (χ2n) is 4.33. The molecule has 0 aromatic carbocycles. The molecule has 0 radical (unpaired) electrons. The first-order valence-corrected chi connectivity index (χ1v) is 5.75. The fourth-order valence-corrected chi connectivity index (χ4v) is 1.99. The molecule has 0 atom stereocenters. The van der Waals surface area contributed by atoms with Crippen molar-refractivity contribution in [2.45, 2.75) is 18.8 Å². The van der Waals surface area contributed by atoms with Gasteiger partial charge < -0.3 is 14.6 Å². The summed E-state index contributed by atoms with van der Waals surface area (Å²) in [6, 6.07) is 2.13. The van der Waals surface area contributed by atoms with Crippen LogP contribution in [0.15, 0.2) is 4.42 Å². The minimum atomic E-state index is 0. The van der Waals surface area contributed by atoms with E-state index in [2.05, 4.69) is 21.3 Å². The highest BCUT2D eigenvalue weighted by atomic mass is 35.5. The molecule has 0 unspecified atom stereocenters. The molecule has 5 nitrogen and oxygen atoms in total. The molecule has 1 saturated heterocycles. The third-order valence-corrected chi connectivity index (χ3v) is 3.06. The maximum absolute atomic E-state index is 9.05. The Morgan fingerprint density at radius 2 is 2.06 bits per heavy atom. The predicted octanol–water partition coefficient (Wildman–Crippen LogP) is 1.26. The lowest BCUT2D eigenvalue weighted by Crippen LogP contribution is -2.43. The zero-order valence-electron chi connectivity index (χ0n) is 9.48. The molecule has 0 spiro atoms. The fraction of sp³-hybridized carbons (Fsp3) is 0.636. The second kappa shape index (κ2) is 4.94. The molecule has 92 valence electrons. The van der Waals surface area contributed by atoms with E-state index in [1.807, 2.05) is 0 Å². The maximum atomic E-state index is 9.05. The minimum absolute atomic E-state index is 0. The normalized spacial score (nSPS) is 19.6. The van der Waals surface area contributed by atoms with Crippen LogP contribution in [0.4, 0.5) is 5.88 Å². The van der Waals surface area contributed by atoms with Gasteiger partial charge in [-0.25, -0.2) is 4.98 Å². The Balaban J connectivity index is 0.00000108. The van der Waals surface area contributed by atoms with E-state index in [4.69, 9.17) is 9.68 Å².